The maximum atomic E-state index is 9.82. The highest BCUT2D eigenvalue weighted by molar-refractivity contribution is 5.56. The van der Waals surface area contributed by atoms with Crippen LogP contribution in [0.1, 0.15) is 30.9 Å². The molecular weight excluding hydrogens is 278 g/mol. The van der Waals surface area contributed by atoms with Gasteiger partial charge in [-0.1, -0.05) is 13.0 Å². The molecule has 0 radical (unpaired) electrons. The highest BCUT2D eigenvalue weighted by Gasteiger charge is 2.53. The second-order valence-electron chi connectivity index (χ2n) is 6.86. The first-order valence-electron chi connectivity index (χ1n) is 8.13. The fraction of sp³-hybridized carbons (Fsp3) is 0.667. The van der Waals surface area contributed by atoms with E-state index in [1.54, 1.807) is 14.2 Å². The lowest BCUT2D eigenvalue weighted by Gasteiger charge is -2.46. The van der Waals surface area contributed by atoms with Gasteiger partial charge in [-0.25, -0.2) is 0 Å². The Kier molecular flexibility index (Phi) is 4.08. The monoisotopic (exact) mass is 305 g/mol. The molecule has 0 heterocycles. The first kappa shape index (κ1) is 15.6. The van der Waals surface area contributed by atoms with Crippen LogP contribution in [0.25, 0.3) is 0 Å². The Hall–Kier alpha value is -1.26. The van der Waals surface area contributed by atoms with Crippen LogP contribution >= 0.6 is 0 Å². The van der Waals surface area contributed by atoms with Crippen LogP contribution in [-0.2, 0) is 11.8 Å². The topological polar surface area (TPSA) is 50.7 Å². The van der Waals surface area contributed by atoms with Crippen molar-refractivity contribution in [1.29, 1.82) is 0 Å². The summed E-state index contributed by atoms with van der Waals surface area (Å²) >= 11 is 0. The van der Waals surface area contributed by atoms with Crippen molar-refractivity contribution in [2.45, 2.75) is 37.6 Å². The Labute approximate surface area is 132 Å². The molecule has 0 amide bonds. The molecule has 122 valence electrons. The van der Waals surface area contributed by atoms with Crippen molar-refractivity contribution in [3.05, 3.63) is 23.3 Å². The number of benzene rings is 1. The number of methoxy groups -OCH3 is 2. The summed E-state index contributed by atoms with van der Waals surface area (Å²) in [5.41, 5.74) is 2.66. The van der Waals surface area contributed by atoms with Crippen molar-refractivity contribution in [3.63, 3.8) is 0 Å². The van der Waals surface area contributed by atoms with E-state index in [9.17, 15) is 5.11 Å². The molecule has 0 spiro atoms. The highest BCUT2D eigenvalue weighted by Crippen LogP contribution is 2.57. The fourth-order valence-corrected chi connectivity index (χ4v) is 5.03. The first-order chi connectivity index (χ1) is 10.6. The molecule has 3 unspecified atom stereocenters. The lowest BCUT2D eigenvalue weighted by atomic mass is 9.62. The molecule has 4 atom stereocenters. The van der Waals surface area contributed by atoms with Crippen LogP contribution in [0, 0.1) is 11.8 Å². The molecule has 2 N–H and O–H groups in total. The van der Waals surface area contributed by atoms with Gasteiger partial charge in [-0.15, -0.1) is 0 Å². The van der Waals surface area contributed by atoms with Crippen molar-refractivity contribution >= 4 is 0 Å². The van der Waals surface area contributed by atoms with Crippen molar-refractivity contribution in [3.8, 4) is 11.5 Å². The molecule has 0 saturated heterocycles. The van der Waals surface area contributed by atoms with Crippen LogP contribution in [0.15, 0.2) is 12.1 Å². The van der Waals surface area contributed by atoms with Crippen molar-refractivity contribution < 1.29 is 14.6 Å². The summed E-state index contributed by atoms with van der Waals surface area (Å²) in [7, 11) is 5.44. The summed E-state index contributed by atoms with van der Waals surface area (Å²) in [4.78, 5) is 0. The number of likely N-dealkylation sites (N-methyl/N-ethyl adjacent to an activating group) is 1. The van der Waals surface area contributed by atoms with Crippen LogP contribution in [-0.4, -0.2) is 39.0 Å². The predicted octanol–water partition coefficient (Wildman–Crippen LogP) is 2.12. The third kappa shape index (κ3) is 2.04. The molecule has 1 fully saturated rings. The van der Waals surface area contributed by atoms with Crippen molar-refractivity contribution in [2.75, 3.05) is 27.9 Å². The molecule has 0 aliphatic heterocycles. The minimum Gasteiger partial charge on any atom is -0.493 e. The zero-order chi connectivity index (χ0) is 15.9. The molecule has 0 aromatic heterocycles. The standard InChI is InChI=1S/C18H27NO3/c1-18-8-7-12(10-20)15(18)13(19-2)9-11-5-6-14(21-3)17(22-4)16(11)18/h5-6,12-13,15,19-20H,7-10H2,1-4H3/t12?,13?,15?,18-/m1/s1. The van der Waals surface area contributed by atoms with E-state index < -0.39 is 0 Å². The molecule has 4 heteroatoms. The Morgan fingerprint density at radius 2 is 2.09 bits per heavy atom. The molecule has 1 saturated carbocycles. The fourth-order valence-electron chi connectivity index (χ4n) is 5.03. The van der Waals surface area contributed by atoms with Crippen molar-refractivity contribution in [2.24, 2.45) is 11.8 Å². The minimum atomic E-state index is 0.0224. The third-order valence-corrected chi connectivity index (χ3v) is 5.96. The van der Waals surface area contributed by atoms with Gasteiger partial charge in [0.25, 0.3) is 0 Å². The van der Waals surface area contributed by atoms with Gasteiger partial charge in [0.15, 0.2) is 11.5 Å². The van der Waals surface area contributed by atoms with E-state index in [-0.39, 0.29) is 12.0 Å². The number of fused-ring (bicyclic) bond motifs is 3. The van der Waals surface area contributed by atoms with E-state index >= 15 is 0 Å². The SMILES string of the molecule is CNC1Cc2ccc(OC)c(OC)c2[C@]2(C)CCC(CO)C12. The second-order valence-corrected chi connectivity index (χ2v) is 6.86. The Bertz CT molecular complexity index is 560. The van der Waals surface area contributed by atoms with E-state index in [2.05, 4.69) is 18.3 Å². The maximum absolute atomic E-state index is 9.82. The second kappa shape index (κ2) is 5.74. The van der Waals surface area contributed by atoms with Gasteiger partial charge in [-0.2, -0.15) is 0 Å². The minimum absolute atomic E-state index is 0.0224. The predicted molar refractivity (Wildman–Crippen MR) is 86.7 cm³/mol. The summed E-state index contributed by atoms with van der Waals surface area (Å²) in [6.45, 7) is 2.59. The van der Waals surface area contributed by atoms with E-state index in [1.807, 2.05) is 13.1 Å². The smallest absolute Gasteiger partial charge is 0.164 e. The average molecular weight is 305 g/mol. The van der Waals surface area contributed by atoms with Crippen LogP contribution in [0.2, 0.25) is 0 Å². The van der Waals surface area contributed by atoms with E-state index in [0.29, 0.717) is 17.9 Å². The molecule has 0 bridgehead atoms. The number of aliphatic hydroxyl groups excluding tert-OH is 1. The molecule has 1 aromatic rings. The molecule has 2 aliphatic rings. The normalized spacial score (nSPS) is 33.2. The van der Waals surface area contributed by atoms with Crippen LogP contribution < -0.4 is 14.8 Å². The highest BCUT2D eigenvalue weighted by atomic mass is 16.5. The van der Waals surface area contributed by atoms with Crippen LogP contribution in [0.3, 0.4) is 0 Å². The van der Waals surface area contributed by atoms with Gasteiger partial charge in [-0.3, -0.25) is 0 Å². The van der Waals surface area contributed by atoms with Gasteiger partial charge < -0.3 is 19.9 Å². The van der Waals surface area contributed by atoms with E-state index in [4.69, 9.17) is 9.47 Å². The number of nitrogens with one attached hydrogen (secondary N) is 1. The van der Waals surface area contributed by atoms with E-state index in [0.717, 1.165) is 30.8 Å². The zero-order valence-electron chi connectivity index (χ0n) is 14.0. The quantitative estimate of drug-likeness (QED) is 0.895. The Balaban J connectivity index is 2.19. The Morgan fingerprint density at radius 1 is 1.32 bits per heavy atom. The molecule has 2 aliphatic carbocycles. The molecule has 1 aromatic carbocycles. The van der Waals surface area contributed by atoms with Crippen LogP contribution in [0.5, 0.6) is 11.5 Å². The molecule has 22 heavy (non-hydrogen) atoms. The van der Waals surface area contributed by atoms with Gasteiger partial charge in [0.1, 0.15) is 0 Å². The van der Waals surface area contributed by atoms with Gasteiger partial charge >= 0.3 is 0 Å². The summed E-state index contributed by atoms with van der Waals surface area (Å²) < 4.78 is 11.3. The summed E-state index contributed by atoms with van der Waals surface area (Å²) in [5.74, 6) is 2.46. The number of rotatable bonds is 4. The lowest BCUT2D eigenvalue weighted by Crippen LogP contribution is -2.50. The molecular formula is C18H27NO3. The van der Waals surface area contributed by atoms with Crippen molar-refractivity contribution in [1.82, 2.24) is 5.32 Å². The average Bonchev–Trinajstić information content (AvgIpc) is 2.90. The van der Waals surface area contributed by atoms with Gasteiger partial charge in [-0.05, 0) is 49.8 Å². The zero-order valence-corrected chi connectivity index (χ0v) is 14.0. The first-order valence-corrected chi connectivity index (χ1v) is 8.13. The van der Waals surface area contributed by atoms with E-state index in [1.165, 1.54) is 11.1 Å². The number of hydrogen-bond donors (Lipinski definition) is 2. The summed E-state index contributed by atoms with van der Waals surface area (Å²) in [6.07, 6.45) is 3.12. The Morgan fingerprint density at radius 3 is 2.68 bits per heavy atom. The number of hydrogen-bond acceptors (Lipinski definition) is 4. The third-order valence-electron chi connectivity index (χ3n) is 5.96. The maximum Gasteiger partial charge on any atom is 0.164 e. The summed E-state index contributed by atoms with van der Waals surface area (Å²) in [5, 5.41) is 13.3. The number of ether oxygens (including phenoxy) is 2. The van der Waals surface area contributed by atoms with Gasteiger partial charge in [0, 0.05) is 23.6 Å². The molecule has 3 rings (SSSR count). The van der Waals surface area contributed by atoms with Gasteiger partial charge in [0.05, 0.1) is 14.2 Å². The van der Waals surface area contributed by atoms with Crippen LogP contribution in [0.4, 0.5) is 0 Å². The largest absolute Gasteiger partial charge is 0.493 e. The number of aliphatic hydroxyl groups is 1. The summed E-state index contributed by atoms with van der Waals surface area (Å²) in [6, 6.07) is 4.58. The van der Waals surface area contributed by atoms with Gasteiger partial charge in [0.2, 0.25) is 0 Å². The molecule has 4 nitrogen and oxygen atoms in total. The lowest BCUT2D eigenvalue weighted by molar-refractivity contribution is 0.130.